The van der Waals surface area contributed by atoms with Gasteiger partial charge in [0.1, 0.15) is 24.4 Å². The van der Waals surface area contributed by atoms with Crippen LogP contribution in [0.4, 0.5) is 0 Å². The molecule has 0 aliphatic carbocycles. The van der Waals surface area contributed by atoms with Gasteiger partial charge in [-0.3, -0.25) is 0 Å². The van der Waals surface area contributed by atoms with Gasteiger partial charge in [-0.15, -0.1) is 0 Å². The molecule has 1 rings (SSSR count). The van der Waals surface area contributed by atoms with E-state index in [9.17, 15) is 15.3 Å². The molecule has 40 heavy (non-hydrogen) atoms. The van der Waals surface area contributed by atoms with E-state index in [4.69, 9.17) is 14.2 Å². The van der Waals surface area contributed by atoms with Crippen molar-refractivity contribution in [2.24, 2.45) is 0 Å². The molecule has 240 valence electrons. The van der Waals surface area contributed by atoms with E-state index in [0.29, 0.717) is 13.2 Å². The van der Waals surface area contributed by atoms with E-state index in [1.807, 2.05) is 0 Å². The molecule has 6 nitrogen and oxygen atoms in total. The Hall–Kier alpha value is -0.240. The van der Waals surface area contributed by atoms with Gasteiger partial charge in [0.25, 0.3) is 0 Å². The van der Waals surface area contributed by atoms with Crippen molar-refractivity contribution in [1.29, 1.82) is 0 Å². The van der Waals surface area contributed by atoms with Crippen LogP contribution in [0.1, 0.15) is 168 Å². The zero-order chi connectivity index (χ0) is 29.1. The second-order valence-electron chi connectivity index (χ2n) is 12.2. The molecule has 0 saturated carbocycles. The van der Waals surface area contributed by atoms with Crippen LogP contribution in [-0.4, -0.2) is 65.8 Å². The molecule has 1 heterocycles. The minimum Gasteiger partial charge on any atom is -0.394 e. The molecule has 0 radical (unpaired) electrons. The van der Waals surface area contributed by atoms with Gasteiger partial charge in [0, 0.05) is 13.2 Å². The maximum Gasteiger partial charge on any atom is 0.184 e. The van der Waals surface area contributed by atoms with Crippen LogP contribution in [-0.2, 0) is 14.2 Å². The van der Waals surface area contributed by atoms with Crippen molar-refractivity contribution in [1.82, 2.24) is 0 Å². The largest absolute Gasteiger partial charge is 0.394 e. The molecule has 0 aromatic heterocycles. The summed E-state index contributed by atoms with van der Waals surface area (Å²) in [5, 5.41) is 30.8. The lowest BCUT2D eigenvalue weighted by Gasteiger charge is -2.42. The van der Waals surface area contributed by atoms with Crippen LogP contribution < -0.4 is 0 Å². The molecule has 5 atom stereocenters. The highest BCUT2D eigenvalue weighted by molar-refractivity contribution is 4.90. The second kappa shape index (κ2) is 27.6. The minimum absolute atomic E-state index is 0.359. The lowest BCUT2D eigenvalue weighted by Crippen LogP contribution is -2.60. The highest BCUT2D eigenvalue weighted by atomic mass is 16.7. The van der Waals surface area contributed by atoms with Gasteiger partial charge in [-0.25, -0.2) is 0 Å². The first-order valence-electron chi connectivity index (χ1n) is 17.5. The lowest BCUT2D eigenvalue weighted by molar-refractivity contribution is -0.303. The van der Waals surface area contributed by atoms with Crippen LogP contribution in [0, 0.1) is 0 Å². The molecule has 1 aliphatic rings. The Bertz CT molecular complexity index is 519. The number of aliphatic hydroxyl groups is 3. The smallest absolute Gasteiger partial charge is 0.184 e. The van der Waals surface area contributed by atoms with E-state index in [0.717, 1.165) is 25.7 Å². The molecule has 0 spiro atoms. The van der Waals surface area contributed by atoms with Crippen LogP contribution in [0.15, 0.2) is 0 Å². The Kier molecular flexibility index (Phi) is 26.1. The first kappa shape index (κ1) is 37.8. The fraction of sp³-hybridized carbons (Fsp3) is 1.00. The molecule has 0 amide bonds. The summed E-state index contributed by atoms with van der Waals surface area (Å²) in [4.78, 5) is 0. The number of rotatable bonds is 29. The molecule has 1 fully saturated rings. The highest BCUT2D eigenvalue weighted by Crippen LogP contribution is 2.26. The Balaban J connectivity index is 2.15. The van der Waals surface area contributed by atoms with Crippen molar-refractivity contribution in [3.8, 4) is 0 Å². The van der Waals surface area contributed by atoms with Crippen molar-refractivity contribution in [2.75, 3.05) is 19.8 Å². The maximum absolute atomic E-state index is 10.7. The fourth-order valence-corrected chi connectivity index (χ4v) is 5.75. The number of aliphatic hydroxyl groups excluding tert-OH is 3. The van der Waals surface area contributed by atoms with Crippen molar-refractivity contribution >= 4 is 0 Å². The van der Waals surface area contributed by atoms with Gasteiger partial charge in [-0.2, -0.15) is 0 Å². The topological polar surface area (TPSA) is 88.4 Å². The third kappa shape index (κ3) is 19.0. The normalized spacial score (nSPS) is 23.2. The summed E-state index contributed by atoms with van der Waals surface area (Å²) in [5.41, 5.74) is 0. The van der Waals surface area contributed by atoms with Crippen LogP contribution >= 0.6 is 0 Å². The van der Waals surface area contributed by atoms with Gasteiger partial charge >= 0.3 is 0 Å². The molecule has 0 bridgehead atoms. The summed E-state index contributed by atoms with van der Waals surface area (Å²) in [6.45, 7) is 5.19. The maximum atomic E-state index is 10.7. The Labute approximate surface area is 247 Å². The van der Waals surface area contributed by atoms with Gasteiger partial charge in [0.2, 0.25) is 0 Å². The Morgan fingerprint density at radius 2 is 0.800 bits per heavy atom. The Morgan fingerprint density at radius 3 is 1.15 bits per heavy atom. The van der Waals surface area contributed by atoms with E-state index in [1.54, 1.807) is 0 Å². The van der Waals surface area contributed by atoms with E-state index in [2.05, 4.69) is 13.8 Å². The molecule has 1 saturated heterocycles. The molecule has 3 N–H and O–H groups in total. The highest BCUT2D eigenvalue weighted by Gasteiger charge is 2.45. The molecular formula is C34H68O6. The van der Waals surface area contributed by atoms with Crippen molar-refractivity contribution in [2.45, 2.75) is 199 Å². The first-order chi connectivity index (χ1) is 19.7. The number of hydrogen-bond acceptors (Lipinski definition) is 6. The predicted molar refractivity (Wildman–Crippen MR) is 166 cm³/mol. The molecule has 1 aliphatic heterocycles. The van der Waals surface area contributed by atoms with E-state index in [-0.39, 0.29) is 6.61 Å². The lowest BCUT2D eigenvalue weighted by atomic mass is 9.98. The zero-order valence-corrected chi connectivity index (χ0v) is 26.5. The standard InChI is InChI=1S/C34H68O6/c1-3-5-7-9-11-13-15-17-19-21-23-25-27-38-32-31(36)30(29-35)40-34(37)33(32)39-28-26-24-22-20-18-16-14-12-10-8-6-4-2/h30-37H,3-29H2,1-2H3/t30-,31-,32+,33-,34+/m1/s1. The summed E-state index contributed by atoms with van der Waals surface area (Å²) in [6.07, 6.45) is 26.2. The molecule has 0 aromatic rings. The molecular weight excluding hydrogens is 504 g/mol. The average molecular weight is 573 g/mol. The zero-order valence-electron chi connectivity index (χ0n) is 26.5. The number of unbranched alkanes of at least 4 members (excludes halogenated alkanes) is 22. The summed E-state index contributed by atoms with van der Waals surface area (Å²) in [6, 6.07) is 0. The number of hydrogen-bond donors (Lipinski definition) is 3. The van der Waals surface area contributed by atoms with Gasteiger partial charge in [0.05, 0.1) is 6.61 Å². The SMILES string of the molecule is CCCCCCCCCCCCCCO[C@@H]1[C@@H](OCCCCCCCCCCCCCC)[C@H](O)[C@@H](CO)O[C@@H]1O. The first-order valence-corrected chi connectivity index (χ1v) is 17.5. The van der Waals surface area contributed by atoms with Crippen molar-refractivity contribution in [3.63, 3.8) is 0 Å². The van der Waals surface area contributed by atoms with Crippen molar-refractivity contribution < 1.29 is 29.5 Å². The van der Waals surface area contributed by atoms with Gasteiger partial charge in [-0.05, 0) is 12.8 Å². The quantitative estimate of drug-likeness (QED) is 0.0783. The third-order valence-corrected chi connectivity index (χ3v) is 8.43. The second-order valence-corrected chi connectivity index (χ2v) is 12.2. The minimum atomic E-state index is -1.20. The van der Waals surface area contributed by atoms with Crippen LogP contribution in [0.5, 0.6) is 0 Å². The summed E-state index contributed by atoms with van der Waals surface area (Å²) in [5.74, 6) is 0. The third-order valence-electron chi connectivity index (χ3n) is 8.43. The van der Waals surface area contributed by atoms with E-state index in [1.165, 1.54) is 128 Å². The van der Waals surface area contributed by atoms with Crippen LogP contribution in [0.2, 0.25) is 0 Å². The summed E-state index contributed by atoms with van der Waals surface area (Å²) < 4.78 is 17.4. The molecule has 0 aromatic carbocycles. The fourth-order valence-electron chi connectivity index (χ4n) is 5.75. The van der Waals surface area contributed by atoms with Crippen LogP contribution in [0.25, 0.3) is 0 Å². The summed E-state index contributed by atoms with van der Waals surface area (Å²) in [7, 11) is 0. The van der Waals surface area contributed by atoms with E-state index >= 15 is 0 Å². The van der Waals surface area contributed by atoms with Gasteiger partial charge < -0.3 is 29.5 Å². The molecule has 0 unspecified atom stereocenters. The monoisotopic (exact) mass is 573 g/mol. The summed E-state index contributed by atoms with van der Waals surface area (Å²) >= 11 is 0. The molecule has 6 heteroatoms. The van der Waals surface area contributed by atoms with Crippen molar-refractivity contribution in [3.05, 3.63) is 0 Å². The predicted octanol–water partition coefficient (Wildman–Crippen LogP) is 8.23. The Morgan fingerprint density at radius 1 is 0.475 bits per heavy atom. The average Bonchev–Trinajstić information content (AvgIpc) is 2.96. The number of ether oxygens (including phenoxy) is 3. The van der Waals surface area contributed by atoms with E-state index < -0.39 is 30.7 Å². The van der Waals surface area contributed by atoms with Gasteiger partial charge in [0.15, 0.2) is 6.29 Å². The van der Waals surface area contributed by atoms with Gasteiger partial charge in [-0.1, -0.05) is 155 Å². The van der Waals surface area contributed by atoms with Crippen LogP contribution in [0.3, 0.4) is 0 Å².